The molecule has 0 saturated carbocycles. The number of halogens is 1. The molecule has 1 heterocycles. The molecule has 2 rings (SSSR count). The summed E-state index contributed by atoms with van der Waals surface area (Å²) >= 11 is 6.12. The molecule has 1 aliphatic rings. The molecule has 5 heteroatoms. The van der Waals surface area contributed by atoms with Crippen LogP contribution in [0.15, 0.2) is 17.2 Å². The highest BCUT2D eigenvalue weighted by Crippen LogP contribution is 2.33. The van der Waals surface area contributed by atoms with Gasteiger partial charge in [0.1, 0.15) is 5.84 Å². The van der Waals surface area contributed by atoms with E-state index in [1.165, 1.54) is 5.01 Å². The smallest absolute Gasteiger partial charge is 0.255 e. The molecular formula is C11H12ClN3O. The Bertz CT molecular complexity index is 473. The largest absolute Gasteiger partial charge is 0.385 e. The van der Waals surface area contributed by atoms with E-state index in [1.54, 1.807) is 6.07 Å². The first kappa shape index (κ1) is 11.0. The van der Waals surface area contributed by atoms with Crippen LogP contribution in [0.1, 0.15) is 17.5 Å². The van der Waals surface area contributed by atoms with Crippen LogP contribution < -0.4 is 10.7 Å². The maximum atomic E-state index is 11.6. The van der Waals surface area contributed by atoms with Crippen molar-refractivity contribution in [1.82, 2.24) is 0 Å². The molecule has 0 aliphatic carbocycles. The monoisotopic (exact) mass is 237 g/mol. The minimum atomic E-state index is -0.147. The van der Waals surface area contributed by atoms with Crippen molar-refractivity contribution in [3.05, 3.63) is 28.3 Å². The summed E-state index contributed by atoms with van der Waals surface area (Å²) in [6.45, 7) is 3.84. The zero-order valence-corrected chi connectivity index (χ0v) is 9.88. The van der Waals surface area contributed by atoms with Gasteiger partial charge < -0.3 is 5.73 Å². The van der Waals surface area contributed by atoms with Crippen LogP contribution in [0.4, 0.5) is 5.69 Å². The van der Waals surface area contributed by atoms with E-state index in [-0.39, 0.29) is 12.3 Å². The van der Waals surface area contributed by atoms with Gasteiger partial charge in [-0.05, 0) is 31.0 Å². The van der Waals surface area contributed by atoms with E-state index < -0.39 is 0 Å². The normalized spacial score (nSPS) is 15.6. The fourth-order valence-corrected chi connectivity index (χ4v) is 2.20. The first-order chi connectivity index (χ1) is 7.49. The lowest BCUT2D eigenvalue weighted by Crippen LogP contribution is -2.21. The number of rotatable bonds is 1. The van der Waals surface area contributed by atoms with Crippen molar-refractivity contribution in [2.24, 2.45) is 10.8 Å². The molecule has 16 heavy (non-hydrogen) atoms. The molecule has 84 valence electrons. The van der Waals surface area contributed by atoms with Gasteiger partial charge in [-0.2, -0.15) is 10.1 Å². The second kappa shape index (κ2) is 3.79. The first-order valence-corrected chi connectivity index (χ1v) is 5.29. The fourth-order valence-electron chi connectivity index (χ4n) is 1.80. The molecular weight excluding hydrogens is 226 g/mol. The van der Waals surface area contributed by atoms with Crippen LogP contribution in [0, 0.1) is 13.8 Å². The van der Waals surface area contributed by atoms with Crippen molar-refractivity contribution >= 4 is 29.0 Å². The number of hydrogen-bond donors (Lipinski definition) is 1. The molecule has 0 radical (unpaired) electrons. The van der Waals surface area contributed by atoms with Gasteiger partial charge in [0, 0.05) is 0 Å². The highest BCUT2D eigenvalue weighted by atomic mass is 35.5. The first-order valence-electron chi connectivity index (χ1n) is 4.91. The van der Waals surface area contributed by atoms with Gasteiger partial charge in [-0.15, -0.1) is 0 Å². The Morgan fingerprint density at radius 1 is 1.44 bits per heavy atom. The van der Waals surface area contributed by atoms with Crippen molar-refractivity contribution in [3.63, 3.8) is 0 Å². The summed E-state index contributed by atoms with van der Waals surface area (Å²) in [5.74, 6) is 0.174. The molecule has 1 amide bonds. The van der Waals surface area contributed by atoms with Gasteiger partial charge in [-0.1, -0.05) is 17.7 Å². The van der Waals surface area contributed by atoms with Gasteiger partial charge >= 0.3 is 0 Å². The van der Waals surface area contributed by atoms with Gasteiger partial charge in [0.2, 0.25) is 0 Å². The third kappa shape index (κ3) is 1.76. The predicted octanol–water partition coefficient (Wildman–Crippen LogP) is 1.97. The number of amides is 1. The second-order valence-electron chi connectivity index (χ2n) is 3.89. The zero-order chi connectivity index (χ0) is 11.9. The number of carbonyl (C=O) groups excluding carboxylic acids is 1. The van der Waals surface area contributed by atoms with Crippen molar-refractivity contribution in [3.8, 4) is 0 Å². The summed E-state index contributed by atoms with van der Waals surface area (Å²) in [7, 11) is 0. The highest BCUT2D eigenvalue weighted by Gasteiger charge is 2.26. The molecule has 1 aliphatic heterocycles. The number of anilines is 1. The van der Waals surface area contributed by atoms with Crippen LogP contribution in [-0.2, 0) is 4.79 Å². The third-order valence-electron chi connectivity index (χ3n) is 2.41. The van der Waals surface area contributed by atoms with Crippen molar-refractivity contribution in [1.29, 1.82) is 0 Å². The molecule has 0 saturated heterocycles. The molecule has 2 N–H and O–H groups in total. The summed E-state index contributed by atoms with van der Waals surface area (Å²) in [6.07, 6.45) is 0.156. The molecule has 0 aromatic heterocycles. The second-order valence-corrected chi connectivity index (χ2v) is 4.29. The lowest BCUT2D eigenvalue weighted by atomic mass is 10.1. The summed E-state index contributed by atoms with van der Waals surface area (Å²) in [4.78, 5) is 11.6. The average Bonchev–Trinajstić information content (AvgIpc) is 2.43. The van der Waals surface area contributed by atoms with Crippen LogP contribution >= 0.6 is 11.6 Å². The maximum Gasteiger partial charge on any atom is 0.255 e. The maximum absolute atomic E-state index is 11.6. The van der Waals surface area contributed by atoms with Crippen LogP contribution in [0.3, 0.4) is 0 Å². The molecule has 0 atom stereocenters. The van der Waals surface area contributed by atoms with Crippen molar-refractivity contribution in [2.75, 3.05) is 5.01 Å². The average molecular weight is 238 g/mol. The zero-order valence-electron chi connectivity index (χ0n) is 9.12. The Balaban J connectivity index is 2.53. The van der Waals surface area contributed by atoms with Crippen molar-refractivity contribution in [2.45, 2.75) is 20.3 Å². The van der Waals surface area contributed by atoms with Gasteiger partial charge in [0.05, 0.1) is 17.1 Å². The summed E-state index contributed by atoms with van der Waals surface area (Å²) in [5, 5.41) is 5.79. The Hall–Kier alpha value is -1.55. The van der Waals surface area contributed by atoms with Gasteiger partial charge in [0.15, 0.2) is 0 Å². The molecule has 1 aromatic rings. The van der Waals surface area contributed by atoms with Crippen LogP contribution in [0.2, 0.25) is 5.02 Å². The SMILES string of the molecule is Cc1cc(C)c(N2N=C(N)CC2=O)c(Cl)c1. The van der Waals surface area contributed by atoms with E-state index >= 15 is 0 Å². The van der Waals surface area contributed by atoms with Gasteiger partial charge in [0.25, 0.3) is 5.91 Å². The predicted molar refractivity (Wildman–Crippen MR) is 64.7 cm³/mol. The van der Waals surface area contributed by atoms with E-state index in [9.17, 15) is 4.79 Å². The molecule has 4 nitrogen and oxygen atoms in total. The Labute approximate surface area is 98.7 Å². The molecule has 0 unspecified atom stereocenters. The topological polar surface area (TPSA) is 58.7 Å². The van der Waals surface area contributed by atoms with Crippen molar-refractivity contribution < 1.29 is 4.79 Å². The van der Waals surface area contributed by atoms with Gasteiger partial charge in [-0.3, -0.25) is 4.79 Å². The van der Waals surface area contributed by atoms with Crippen LogP contribution in [0.25, 0.3) is 0 Å². The summed E-state index contributed by atoms with van der Waals surface area (Å²) < 4.78 is 0. The van der Waals surface area contributed by atoms with E-state index in [0.717, 1.165) is 11.1 Å². The lowest BCUT2D eigenvalue weighted by molar-refractivity contribution is -0.116. The minimum absolute atomic E-state index is 0.147. The number of carbonyl (C=O) groups is 1. The number of nitrogens with zero attached hydrogens (tertiary/aromatic N) is 2. The summed E-state index contributed by atoms with van der Waals surface area (Å²) in [5.41, 5.74) is 8.11. The van der Waals surface area contributed by atoms with Crippen LogP contribution in [0.5, 0.6) is 0 Å². The third-order valence-corrected chi connectivity index (χ3v) is 2.70. The lowest BCUT2D eigenvalue weighted by Gasteiger charge is -2.16. The Kier molecular flexibility index (Phi) is 2.59. The number of benzene rings is 1. The number of hydrazone groups is 1. The standard InChI is InChI=1S/C11H12ClN3O/c1-6-3-7(2)11(8(12)4-6)15-10(16)5-9(13)14-15/h3-4H,5H2,1-2H3,(H2,13,14). The number of aryl methyl sites for hydroxylation is 2. The summed E-state index contributed by atoms with van der Waals surface area (Å²) in [6, 6.07) is 3.76. The Morgan fingerprint density at radius 3 is 2.62 bits per heavy atom. The van der Waals surface area contributed by atoms with E-state index in [1.807, 2.05) is 19.9 Å². The highest BCUT2D eigenvalue weighted by molar-refractivity contribution is 6.34. The van der Waals surface area contributed by atoms with Gasteiger partial charge in [-0.25, -0.2) is 0 Å². The molecule has 0 bridgehead atoms. The quantitative estimate of drug-likeness (QED) is 0.812. The number of nitrogens with two attached hydrogens (primary N) is 1. The Morgan fingerprint density at radius 2 is 2.12 bits per heavy atom. The van der Waals surface area contributed by atoms with E-state index in [0.29, 0.717) is 16.5 Å². The number of amidine groups is 1. The fraction of sp³-hybridized carbons (Fsp3) is 0.273. The van der Waals surface area contributed by atoms with E-state index in [2.05, 4.69) is 5.10 Å². The minimum Gasteiger partial charge on any atom is -0.385 e. The van der Waals surface area contributed by atoms with Crippen LogP contribution in [-0.4, -0.2) is 11.7 Å². The molecule has 0 spiro atoms. The number of hydrogen-bond acceptors (Lipinski definition) is 3. The molecule has 0 fully saturated rings. The molecule has 1 aromatic carbocycles. The van der Waals surface area contributed by atoms with E-state index in [4.69, 9.17) is 17.3 Å².